The van der Waals surface area contributed by atoms with E-state index in [1.807, 2.05) is 12.1 Å². The first-order chi connectivity index (χ1) is 16.3. The predicted molar refractivity (Wildman–Crippen MR) is 131 cm³/mol. The molecule has 0 atom stereocenters. The molecule has 0 bridgehead atoms. The Morgan fingerprint density at radius 3 is 2.71 bits per heavy atom. The Kier molecular flexibility index (Phi) is 8.33. The number of nitro benzene ring substituents is 1. The molecule has 1 aliphatic rings. The summed E-state index contributed by atoms with van der Waals surface area (Å²) in [6.45, 7) is 0.228. The van der Waals surface area contributed by atoms with Crippen LogP contribution in [0.15, 0.2) is 53.4 Å². The maximum atomic E-state index is 12.7. The van der Waals surface area contributed by atoms with Gasteiger partial charge in [-0.25, -0.2) is 0 Å². The predicted octanol–water partition coefficient (Wildman–Crippen LogP) is 3.05. The van der Waals surface area contributed by atoms with Crippen LogP contribution >= 0.6 is 24.0 Å². The number of hydrogen-bond donors (Lipinski definition) is 2. The van der Waals surface area contributed by atoms with Crippen LogP contribution in [0.5, 0.6) is 5.75 Å². The lowest BCUT2D eigenvalue weighted by atomic mass is 10.2. The Hall–Kier alpha value is -3.77. The molecule has 3 rings (SSSR count). The summed E-state index contributed by atoms with van der Waals surface area (Å²) in [5, 5.41) is 11.0. The SMILES string of the molecule is COc1cccc(/C=C2/SC(=S)N(CCCC(=O)NNC(=O)c3ccccc3[N+](=O)[O-])C2=O)c1. The van der Waals surface area contributed by atoms with E-state index in [1.54, 1.807) is 25.3 Å². The van der Waals surface area contributed by atoms with Crippen LogP contribution in [-0.4, -0.2) is 45.5 Å². The second-order valence-electron chi connectivity index (χ2n) is 6.99. The molecule has 1 saturated heterocycles. The number of para-hydroxylation sites is 1. The van der Waals surface area contributed by atoms with Gasteiger partial charge in [0.1, 0.15) is 15.6 Å². The zero-order valence-corrected chi connectivity index (χ0v) is 19.6. The average Bonchev–Trinajstić information content (AvgIpc) is 3.09. The minimum atomic E-state index is -0.805. The molecule has 0 saturated carbocycles. The molecule has 0 radical (unpaired) electrons. The number of hydrogen-bond acceptors (Lipinski definition) is 8. The van der Waals surface area contributed by atoms with Crippen LogP contribution in [0.4, 0.5) is 5.69 Å². The minimum Gasteiger partial charge on any atom is -0.497 e. The molecule has 1 fully saturated rings. The van der Waals surface area contributed by atoms with Crippen molar-refractivity contribution < 1.29 is 24.0 Å². The molecule has 0 aromatic heterocycles. The molecule has 2 aromatic carbocycles. The smallest absolute Gasteiger partial charge is 0.282 e. The molecule has 34 heavy (non-hydrogen) atoms. The van der Waals surface area contributed by atoms with Crippen LogP contribution in [0.25, 0.3) is 6.08 Å². The molecular weight excluding hydrogens is 480 g/mol. The zero-order valence-electron chi connectivity index (χ0n) is 18.0. The van der Waals surface area contributed by atoms with Crippen LogP contribution in [0, 0.1) is 10.1 Å². The number of benzene rings is 2. The van der Waals surface area contributed by atoms with Crippen molar-refractivity contribution >= 4 is 57.8 Å². The number of ether oxygens (including phenoxy) is 1. The molecule has 2 N–H and O–H groups in total. The second kappa shape index (κ2) is 11.4. The van der Waals surface area contributed by atoms with Gasteiger partial charge in [0.15, 0.2) is 0 Å². The first-order valence-corrected chi connectivity index (χ1v) is 11.2. The van der Waals surface area contributed by atoms with E-state index in [-0.39, 0.29) is 30.1 Å². The molecule has 2 aromatic rings. The summed E-state index contributed by atoms with van der Waals surface area (Å²) < 4.78 is 5.58. The van der Waals surface area contributed by atoms with E-state index in [0.29, 0.717) is 21.4 Å². The summed E-state index contributed by atoms with van der Waals surface area (Å²) in [7, 11) is 1.56. The molecule has 1 aliphatic heterocycles. The summed E-state index contributed by atoms with van der Waals surface area (Å²) in [5.41, 5.74) is 4.64. The first kappa shape index (κ1) is 24.9. The van der Waals surface area contributed by atoms with Crippen molar-refractivity contribution in [2.75, 3.05) is 13.7 Å². The van der Waals surface area contributed by atoms with Crippen molar-refractivity contribution in [3.63, 3.8) is 0 Å². The van der Waals surface area contributed by atoms with Crippen molar-refractivity contribution in [2.45, 2.75) is 12.8 Å². The van der Waals surface area contributed by atoms with E-state index in [1.165, 1.54) is 40.9 Å². The third kappa shape index (κ3) is 6.17. The third-order valence-electron chi connectivity index (χ3n) is 4.71. The Labute approximate surface area is 204 Å². The van der Waals surface area contributed by atoms with E-state index in [4.69, 9.17) is 17.0 Å². The van der Waals surface area contributed by atoms with Crippen LogP contribution < -0.4 is 15.6 Å². The van der Waals surface area contributed by atoms with Crippen LogP contribution in [0.2, 0.25) is 0 Å². The highest BCUT2D eigenvalue weighted by Gasteiger charge is 2.31. The number of rotatable bonds is 8. The van der Waals surface area contributed by atoms with Gasteiger partial charge >= 0.3 is 0 Å². The Bertz CT molecular complexity index is 1180. The van der Waals surface area contributed by atoms with Gasteiger partial charge in [0.05, 0.1) is 16.9 Å². The highest BCUT2D eigenvalue weighted by atomic mass is 32.2. The highest BCUT2D eigenvalue weighted by molar-refractivity contribution is 8.26. The Morgan fingerprint density at radius 1 is 1.21 bits per heavy atom. The summed E-state index contributed by atoms with van der Waals surface area (Å²) in [5.74, 6) is -0.892. The van der Waals surface area contributed by atoms with E-state index < -0.39 is 16.7 Å². The number of hydrazine groups is 1. The number of nitrogens with one attached hydrogen (secondary N) is 2. The van der Waals surface area contributed by atoms with E-state index in [9.17, 15) is 24.5 Å². The number of carbonyl (C=O) groups is 3. The van der Waals surface area contributed by atoms with E-state index in [2.05, 4.69) is 10.9 Å². The lowest BCUT2D eigenvalue weighted by molar-refractivity contribution is -0.385. The largest absolute Gasteiger partial charge is 0.497 e. The van der Waals surface area contributed by atoms with Gasteiger partial charge < -0.3 is 4.74 Å². The number of thioether (sulfide) groups is 1. The Balaban J connectivity index is 1.49. The number of thiocarbonyl (C=S) groups is 1. The van der Waals surface area contributed by atoms with E-state index >= 15 is 0 Å². The molecule has 0 aliphatic carbocycles. The number of amides is 3. The molecule has 1 heterocycles. The third-order valence-corrected chi connectivity index (χ3v) is 6.09. The minimum absolute atomic E-state index is 0.00313. The van der Waals surface area contributed by atoms with E-state index in [0.717, 1.165) is 5.56 Å². The summed E-state index contributed by atoms with van der Waals surface area (Å²) >= 11 is 6.48. The maximum Gasteiger partial charge on any atom is 0.282 e. The highest BCUT2D eigenvalue weighted by Crippen LogP contribution is 2.33. The molecular formula is C22H20N4O6S2. The topological polar surface area (TPSA) is 131 Å². The van der Waals surface area contributed by atoms with Crippen molar-refractivity contribution in [3.8, 4) is 5.75 Å². The lowest BCUT2D eigenvalue weighted by Crippen LogP contribution is -2.42. The number of carbonyl (C=O) groups excluding carboxylic acids is 3. The zero-order chi connectivity index (χ0) is 24.7. The van der Waals surface area contributed by atoms with Crippen molar-refractivity contribution in [2.24, 2.45) is 0 Å². The second-order valence-corrected chi connectivity index (χ2v) is 8.67. The normalized spacial score (nSPS) is 14.3. The van der Waals surface area contributed by atoms with Gasteiger partial charge in [-0.15, -0.1) is 0 Å². The van der Waals surface area contributed by atoms with Gasteiger partial charge in [-0.2, -0.15) is 0 Å². The molecule has 176 valence electrons. The quantitative estimate of drug-likeness (QED) is 0.245. The monoisotopic (exact) mass is 500 g/mol. The van der Waals surface area contributed by atoms with Gasteiger partial charge in [0.2, 0.25) is 5.91 Å². The van der Waals surface area contributed by atoms with Crippen LogP contribution in [0.3, 0.4) is 0 Å². The van der Waals surface area contributed by atoms with Crippen LogP contribution in [0.1, 0.15) is 28.8 Å². The number of nitro groups is 1. The molecule has 0 spiro atoms. The van der Waals surface area contributed by atoms with Gasteiger partial charge in [-0.1, -0.05) is 48.2 Å². The molecule has 3 amide bonds. The number of methoxy groups -OCH3 is 1. The summed E-state index contributed by atoms with van der Waals surface area (Å²) in [4.78, 5) is 49.2. The fraction of sp³-hybridized carbons (Fsp3) is 0.182. The molecule has 10 nitrogen and oxygen atoms in total. The Morgan fingerprint density at radius 2 is 1.97 bits per heavy atom. The summed E-state index contributed by atoms with van der Waals surface area (Å²) in [6, 6.07) is 12.7. The lowest BCUT2D eigenvalue weighted by Gasteiger charge is -2.14. The van der Waals surface area contributed by atoms with Crippen LogP contribution in [-0.2, 0) is 9.59 Å². The number of nitrogens with zero attached hydrogens (tertiary/aromatic N) is 2. The van der Waals surface area contributed by atoms with Crippen molar-refractivity contribution in [3.05, 3.63) is 74.7 Å². The van der Waals surface area contributed by atoms with Crippen molar-refractivity contribution in [1.29, 1.82) is 0 Å². The summed E-state index contributed by atoms with van der Waals surface area (Å²) in [6.07, 6.45) is 2.03. The fourth-order valence-electron chi connectivity index (χ4n) is 3.05. The van der Waals surface area contributed by atoms with Gasteiger partial charge in [0.25, 0.3) is 17.5 Å². The van der Waals surface area contributed by atoms with Crippen molar-refractivity contribution in [1.82, 2.24) is 15.8 Å². The molecule has 0 unspecified atom stereocenters. The van der Waals surface area contributed by atoms with Gasteiger partial charge in [0, 0.05) is 19.0 Å². The average molecular weight is 501 g/mol. The fourth-order valence-corrected chi connectivity index (χ4v) is 4.36. The van der Waals surface area contributed by atoms with Gasteiger partial charge in [-0.3, -0.25) is 40.2 Å². The standard InChI is InChI=1S/C22H20N4O6S2/c1-32-15-7-4-6-14(12-15)13-18-21(29)25(22(33)34-18)11-5-10-19(27)23-24-20(28)16-8-2-3-9-17(16)26(30)31/h2-4,6-9,12-13H,5,10-11H2,1H3,(H,23,27)(H,24,28)/b18-13+. The maximum absolute atomic E-state index is 12.7. The first-order valence-electron chi connectivity index (χ1n) is 10.0. The molecule has 12 heteroatoms. The van der Waals surface area contributed by atoms with Gasteiger partial charge in [-0.05, 0) is 36.3 Å².